The Morgan fingerprint density at radius 3 is 2.29 bits per heavy atom. The smallest absolute Gasteiger partial charge is 0.326 e. The van der Waals surface area contributed by atoms with Gasteiger partial charge in [0.15, 0.2) is 0 Å². The third-order valence-electron chi connectivity index (χ3n) is 4.35. The third kappa shape index (κ3) is 12.3. The average Bonchev–Trinajstić information content (AvgIpc) is 2.67. The van der Waals surface area contributed by atoms with E-state index in [9.17, 15) is 23.8 Å². The van der Waals surface area contributed by atoms with Crippen molar-refractivity contribution >= 4 is 25.2 Å². The van der Waals surface area contributed by atoms with Gasteiger partial charge in [-0.1, -0.05) is 30.3 Å². The molecule has 0 aromatic heterocycles. The second-order valence-corrected chi connectivity index (χ2v) is 10.9. The van der Waals surface area contributed by atoms with Crippen LogP contribution in [0, 0.1) is 0 Å². The number of hydrogen-bond donors (Lipinski definition) is 1. The molecule has 0 aliphatic rings. The predicted molar refractivity (Wildman–Crippen MR) is 118 cm³/mol. The Morgan fingerprint density at radius 2 is 1.71 bits per heavy atom. The van der Waals surface area contributed by atoms with Crippen LogP contribution in [0.25, 0.3) is 0 Å². The lowest BCUT2D eigenvalue weighted by molar-refractivity contribution is -0.159. The largest absolute Gasteiger partial charge is 0.469 e. The summed E-state index contributed by atoms with van der Waals surface area (Å²) in [6.07, 6.45) is 1.33. The molecule has 1 aromatic rings. The number of methoxy groups -OCH3 is 1. The first kappa shape index (κ1) is 26.9. The number of carbonyl (C=O) groups excluding carboxylic acids is 3. The number of ether oxygens (including phenoxy) is 2. The van der Waals surface area contributed by atoms with Gasteiger partial charge in [0.25, 0.3) is 0 Å². The molecule has 0 spiro atoms. The van der Waals surface area contributed by atoms with Crippen molar-refractivity contribution in [2.45, 2.75) is 52.1 Å². The number of aryl methyl sites for hydroxylation is 1. The molecule has 1 aromatic carbocycles. The summed E-state index contributed by atoms with van der Waals surface area (Å²) >= 11 is 0. The fraction of sp³-hybridized carbons (Fsp3) is 0.591. The maximum Gasteiger partial charge on any atom is 0.326 e. The standard InChI is InChI=1S/C22H34NO7P/c1-22(2,3)30-21(26)16-23(14-13-20(25)29-4)19(24)17-31(27,28)15-9-8-12-18-10-6-5-7-11-18/h5-7,10-11H,8-9,12-17H2,1-4H3,(H,27,28). The van der Waals surface area contributed by atoms with E-state index >= 15 is 0 Å². The highest BCUT2D eigenvalue weighted by molar-refractivity contribution is 7.58. The molecule has 0 heterocycles. The molecule has 0 aliphatic carbocycles. The van der Waals surface area contributed by atoms with Crippen molar-refractivity contribution in [3.63, 3.8) is 0 Å². The monoisotopic (exact) mass is 455 g/mol. The minimum Gasteiger partial charge on any atom is -0.469 e. The van der Waals surface area contributed by atoms with Gasteiger partial charge in [-0.25, -0.2) is 0 Å². The van der Waals surface area contributed by atoms with E-state index in [4.69, 9.17) is 4.74 Å². The van der Waals surface area contributed by atoms with Gasteiger partial charge in [0.1, 0.15) is 18.3 Å². The van der Waals surface area contributed by atoms with E-state index in [2.05, 4.69) is 4.74 Å². The SMILES string of the molecule is COC(=O)CCN(CC(=O)OC(C)(C)C)C(=O)CP(=O)(O)CCCCc1ccccc1. The van der Waals surface area contributed by atoms with Crippen LogP contribution in [0.2, 0.25) is 0 Å². The van der Waals surface area contributed by atoms with Crippen LogP contribution in [-0.4, -0.2) is 65.8 Å². The van der Waals surface area contributed by atoms with Crippen molar-refractivity contribution in [3.8, 4) is 0 Å². The number of benzene rings is 1. The van der Waals surface area contributed by atoms with Gasteiger partial charge in [-0.2, -0.15) is 0 Å². The Bertz CT molecular complexity index is 774. The van der Waals surface area contributed by atoms with Crippen LogP contribution in [0.1, 0.15) is 45.6 Å². The fourth-order valence-electron chi connectivity index (χ4n) is 2.87. The maximum atomic E-state index is 12.6. The molecule has 1 amide bonds. The Morgan fingerprint density at radius 1 is 1.06 bits per heavy atom. The van der Waals surface area contributed by atoms with Crippen LogP contribution in [0.4, 0.5) is 0 Å². The maximum absolute atomic E-state index is 12.6. The van der Waals surface area contributed by atoms with Crippen molar-refractivity contribution < 1.29 is 33.3 Å². The minimum atomic E-state index is -3.72. The number of nitrogens with zero attached hydrogens (tertiary/aromatic N) is 1. The highest BCUT2D eigenvalue weighted by Gasteiger charge is 2.28. The van der Waals surface area contributed by atoms with Gasteiger partial charge in [0, 0.05) is 12.7 Å². The van der Waals surface area contributed by atoms with Crippen molar-refractivity contribution in [1.29, 1.82) is 0 Å². The van der Waals surface area contributed by atoms with Crippen LogP contribution < -0.4 is 0 Å². The van der Waals surface area contributed by atoms with E-state index in [1.54, 1.807) is 20.8 Å². The predicted octanol–water partition coefficient (Wildman–Crippen LogP) is 3.01. The summed E-state index contributed by atoms with van der Waals surface area (Å²) in [4.78, 5) is 47.6. The Hall–Kier alpha value is -2.18. The first-order valence-corrected chi connectivity index (χ1v) is 12.4. The Kier molecular flexibility index (Phi) is 10.9. The topological polar surface area (TPSA) is 110 Å². The molecule has 0 saturated heterocycles. The van der Waals surface area contributed by atoms with Gasteiger partial charge in [0.2, 0.25) is 13.3 Å². The Balaban J connectivity index is 2.62. The van der Waals surface area contributed by atoms with Crippen molar-refractivity contribution in [1.82, 2.24) is 4.90 Å². The Labute approximate surface area is 184 Å². The van der Waals surface area contributed by atoms with Gasteiger partial charge < -0.3 is 19.3 Å². The molecule has 0 radical (unpaired) electrons. The van der Waals surface area contributed by atoms with E-state index in [0.29, 0.717) is 6.42 Å². The molecule has 1 N–H and O–H groups in total. The average molecular weight is 455 g/mol. The zero-order valence-corrected chi connectivity index (χ0v) is 19.7. The second-order valence-electron chi connectivity index (χ2n) is 8.40. The molecule has 1 rings (SSSR count). The lowest BCUT2D eigenvalue weighted by Gasteiger charge is -2.25. The van der Waals surface area contributed by atoms with E-state index in [0.717, 1.165) is 23.3 Å². The summed E-state index contributed by atoms with van der Waals surface area (Å²) in [5.74, 6) is -1.86. The van der Waals surface area contributed by atoms with Crippen LogP contribution >= 0.6 is 7.37 Å². The first-order chi connectivity index (χ1) is 14.4. The van der Waals surface area contributed by atoms with Crippen LogP contribution in [-0.2, 0) is 34.8 Å². The molecular weight excluding hydrogens is 421 g/mol. The highest BCUT2D eigenvalue weighted by atomic mass is 31.2. The van der Waals surface area contributed by atoms with Crippen LogP contribution in [0.3, 0.4) is 0 Å². The molecule has 0 aliphatic heterocycles. The molecule has 31 heavy (non-hydrogen) atoms. The normalized spacial score (nSPS) is 13.2. The van der Waals surface area contributed by atoms with Gasteiger partial charge >= 0.3 is 11.9 Å². The van der Waals surface area contributed by atoms with Gasteiger partial charge in [-0.3, -0.25) is 18.9 Å². The second kappa shape index (κ2) is 12.6. The van der Waals surface area contributed by atoms with Gasteiger partial charge in [-0.15, -0.1) is 0 Å². The van der Waals surface area contributed by atoms with Crippen LogP contribution in [0.15, 0.2) is 30.3 Å². The molecule has 0 bridgehead atoms. The van der Waals surface area contributed by atoms with Crippen molar-refractivity contribution in [3.05, 3.63) is 35.9 Å². The minimum absolute atomic E-state index is 0.0167. The highest BCUT2D eigenvalue weighted by Crippen LogP contribution is 2.41. The number of esters is 2. The summed E-state index contributed by atoms with van der Waals surface area (Å²) in [6.45, 7) is 4.59. The summed E-state index contributed by atoms with van der Waals surface area (Å²) in [6, 6.07) is 9.81. The van der Waals surface area contributed by atoms with Gasteiger partial charge in [-0.05, 0) is 45.6 Å². The molecule has 174 valence electrons. The van der Waals surface area contributed by atoms with E-state index < -0.39 is 43.5 Å². The first-order valence-electron chi connectivity index (χ1n) is 10.3. The van der Waals surface area contributed by atoms with E-state index in [1.807, 2.05) is 30.3 Å². The zero-order valence-electron chi connectivity index (χ0n) is 18.8. The van der Waals surface area contributed by atoms with Crippen molar-refractivity contribution in [2.75, 3.05) is 32.5 Å². The zero-order chi connectivity index (χ0) is 23.5. The molecule has 9 heteroatoms. The third-order valence-corrected chi connectivity index (χ3v) is 6.13. The number of hydrogen-bond acceptors (Lipinski definition) is 6. The number of amides is 1. The van der Waals surface area contributed by atoms with Crippen molar-refractivity contribution in [2.24, 2.45) is 0 Å². The molecule has 1 atom stereocenters. The number of unbranched alkanes of at least 4 members (excludes halogenated alkanes) is 1. The van der Waals surface area contributed by atoms with E-state index in [1.165, 1.54) is 7.11 Å². The summed E-state index contributed by atoms with van der Waals surface area (Å²) in [5, 5.41) is 0. The van der Waals surface area contributed by atoms with E-state index in [-0.39, 0.29) is 19.1 Å². The summed E-state index contributed by atoms with van der Waals surface area (Å²) in [5.41, 5.74) is 0.414. The van der Waals surface area contributed by atoms with Crippen LogP contribution in [0.5, 0.6) is 0 Å². The molecule has 1 unspecified atom stereocenters. The van der Waals surface area contributed by atoms with Gasteiger partial charge in [0.05, 0.1) is 13.5 Å². The summed E-state index contributed by atoms with van der Waals surface area (Å²) in [7, 11) is -2.50. The molecular formula is C22H34NO7P. The quantitative estimate of drug-likeness (QED) is 0.293. The number of carbonyl (C=O) groups is 3. The lowest BCUT2D eigenvalue weighted by atomic mass is 10.1. The fourth-order valence-corrected chi connectivity index (χ4v) is 4.37. The lowest BCUT2D eigenvalue weighted by Crippen LogP contribution is -2.41. The molecule has 0 saturated carbocycles. The number of rotatable bonds is 12. The summed E-state index contributed by atoms with van der Waals surface area (Å²) < 4.78 is 22.3. The molecule has 8 nitrogen and oxygen atoms in total. The molecule has 0 fully saturated rings.